The molecule has 2 aromatic carbocycles. The first kappa shape index (κ1) is 21.1. The number of carbonyl (C=O) groups excluding carboxylic acids is 1. The molecular weight excluding hydrogens is 418 g/mol. The lowest BCUT2D eigenvalue weighted by molar-refractivity contribution is -0.132. The summed E-state index contributed by atoms with van der Waals surface area (Å²) in [4.78, 5) is 18.5. The Morgan fingerprint density at radius 1 is 1.00 bits per heavy atom. The first-order valence-corrected chi connectivity index (χ1v) is 11.4. The molecule has 1 saturated heterocycles. The quantitative estimate of drug-likeness (QED) is 0.587. The van der Waals surface area contributed by atoms with Crippen LogP contribution in [0.2, 0.25) is 0 Å². The van der Waals surface area contributed by atoms with Crippen molar-refractivity contribution in [2.75, 3.05) is 26.2 Å². The average molecular weight is 442 g/mol. The third-order valence-electron chi connectivity index (χ3n) is 5.52. The van der Waals surface area contributed by atoms with Crippen molar-refractivity contribution in [1.29, 1.82) is 0 Å². The predicted molar refractivity (Wildman–Crippen MR) is 115 cm³/mol. The van der Waals surface area contributed by atoms with Crippen LogP contribution >= 0.6 is 0 Å². The van der Waals surface area contributed by atoms with Gasteiger partial charge in [0.25, 0.3) is 0 Å². The van der Waals surface area contributed by atoms with Crippen LogP contribution < -0.4 is 0 Å². The van der Waals surface area contributed by atoms with Crippen molar-refractivity contribution < 1.29 is 23.4 Å². The van der Waals surface area contributed by atoms with E-state index in [1.165, 1.54) is 16.4 Å². The number of benzene rings is 2. The van der Waals surface area contributed by atoms with Crippen LogP contribution in [0.4, 0.5) is 0 Å². The monoisotopic (exact) mass is 441 g/mol. The van der Waals surface area contributed by atoms with E-state index in [-0.39, 0.29) is 41.8 Å². The summed E-state index contributed by atoms with van der Waals surface area (Å²) < 4.78 is 27.8. The molecule has 0 unspecified atom stereocenters. The summed E-state index contributed by atoms with van der Waals surface area (Å²) in [6, 6.07) is 11.3. The molecule has 2 heterocycles. The molecule has 9 heteroatoms. The van der Waals surface area contributed by atoms with Crippen molar-refractivity contribution in [2.24, 2.45) is 0 Å². The van der Waals surface area contributed by atoms with E-state index in [9.17, 15) is 23.4 Å². The number of aryl methyl sites for hydroxylation is 1. The summed E-state index contributed by atoms with van der Waals surface area (Å²) in [6.45, 7) is 1.11. The molecule has 1 aliphatic rings. The summed E-state index contributed by atoms with van der Waals surface area (Å²) in [5.41, 5.74) is 0.746. The van der Waals surface area contributed by atoms with E-state index in [4.69, 9.17) is 0 Å². The molecule has 4 rings (SSSR count). The number of hydrogen-bond acceptors (Lipinski definition) is 6. The molecular formula is C22H23N3O5S. The van der Waals surface area contributed by atoms with E-state index in [0.29, 0.717) is 24.9 Å². The fourth-order valence-electron chi connectivity index (χ4n) is 3.77. The lowest BCUT2D eigenvalue weighted by atomic mass is 10.1. The van der Waals surface area contributed by atoms with E-state index in [1.54, 1.807) is 41.6 Å². The number of aromatic hydroxyl groups is 2. The molecule has 0 atom stereocenters. The van der Waals surface area contributed by atoms with Gasteiger partial charge < -0.3 is 15.1 Å². The number of hydrogen-bond donors (Lipinski definition) is 2. The van der Waals surface area contributed by atoms with Crippen molar-refractivity contribution in [2.45, 2.75) is 17.7 Å². The first-order valence-electron chi connectivity index (χ1n) is 9.98. The van der Waals surface area contributed by atoms with Crippen LogP contribution in [0.5, 0.6) is 11.5 Å². The summed E-state index contributed by atoms with van der Waals surface area (Å²) in [6.07, 6.45) is 3.88. The maximum absolute atomic E-state index is 13.2. The van der Waals surface area contributed by atoms with E-state index in [2.05, 4.69) is 4.98 Å². The van der Waals surface area contributed by atoms with Crippen molar-refractivity contribution in [3.05, 3.63) is 60.4 Å². The predicted octanol–water partition coefficient (Wildman–Crippen LogP) is 2.11. The highest BCUT2D eigenvalue weighted by atomic mass is 32.2. The Labute approximate surface area is 180 Å². The second-order valence-corrected chi connectivity index (χ2v) is 9.37. The highest BCUT2D eigenvalue weighted by Gasteiger charge is 2.31. The molecule has 8 nitrogen and oxygen atoms in total. The topological polar surface area (TPSA) is 111 Å². The van der Waals surface area contributed by atoms with E-state index < -0.39 is 10.0 Å². The van der Waals surface area contributed by atoms with Crippen molar-refractivity contribution in [3.8, 4) is 11.5 Å². The zero-order chi connectivity index (χ0) is 22.0. The molecule has 31 heavy (non-hydrogen) atoms. The number of piperazine rings is 1. The standard InChI is InChI=1S/C22H23N3O5S/c26-19-6-4-16(14-20(19)27)5-7-22(28)24-10-12-25(13-11-24)31(29,30)21-3-1-2-17-15-23-9-8-18(17)21/h1-4,6,8-9,14-15,26-27H,5,7,10-13H2. The van der Waals surface area contributed by atoms with Crippen LogP contribution in [0.25, 0.3) is 10.8 Å². The third-order valence-corrected chi connectivity index (χ3v) is 7.47. The Morgan fingerprint density at radius 2 is 1.77 bits per heavy atom. The number of carbonyl (C=O) groups is 1. The fraction of sp³-hybridized carbons (Fsp3) is 0.273. The minimum absolute atomic E-state index is 0.0687. The van der Waals surface area contributed by atoms with Gasteiger partial charge in [-0.05, 0) is 36.2 Å². The van der Waals surface area contributed by atoms with E-state index in [0.717, 1.165) is 10.9 Å². The molecule has 0 saturated carbocycles. The first-order chi connectivity index (χ1) is 14.9. The number of pyridine rings is 1. The molecule has 3 aromatic rings. The molecule has 0 spiro atoms. The highest BCUT2D eigenvalue weighted by molar-refractivity contribution is 7.89. The number of nitrogens with zero attached hydrogens (tertiary/aromatic N) is 3. The Balaban J connectivity index is 1.39. The highest BCUT2D eigenvalue weighted by Crippen LogP contribution is 2.27. The normalized spacial score (nSPS) is 15.3. The molecule has 1 aromatic heterocycles. The van der Waals surface area contributed by atoms with Crippen molar-refractivity contribution in [1.82, 2.24) is 14.2 Å². The summed E-state index contributed by atoms with van der Waals surface area (Å²) in [5, 5.41) is 20.3. The SMILES string of the molecule is O=C(CCc1ccc(O)c(O)c1)N1CCN(S(=O)(=O)c2cccc3cnccc23)CC1. The number of phenolic OH excluding ortho intramolecular Hbond substituents is 2. The summed E-state index contributed by atoms with van der Waals surface area (Å²) in [5.74, 6) is -0.483. The smallest absolute Gasteiger partial charge is 0.243 e. The minimum Gasteiger partial charge on any atom is -0.504 e. The van der Waals surface area contributed by atoms with E-state index in [1.807, 2.05) is 6.07 Å². The molecule has 162 valence electrons. The summed E-state index contributed by atoms with van der Waals surface area (Å²) >= 11 is 0. The lowest BCUT2D eigenvalue weighted by Gasteiger charge is -2.34. The van der Waals surface area contributed by atoms with Crippen LogP contribution in [0.15, 0.2) is 59.8 Å². The van der Waals surface area contributed by atoms with Gasteiger partial charge in [-0.25, -0.2) is 8.42 Å². The van der Waals surface area contributed by atoms with Gasteiger partial charge in [0.2, 0.25) is 15.9 Å². The fourth-order valence-corrected chi connectivity index (χ4v) is 5.41. The molecule has 0 bridgehead atoms. The Hall–Kier alpha value is -3.17. The lowest BCUT2D eigenvalue weighted by Crippen LogP contribution is -2.50. The van der Waals surface area contributed by atoms with Gasteiger partial charge in [0.1, 0.15) is 0 Å². The van der Waals surface area contributed by atoms with Gasteiger partial charge in [-0.3, -0.25) is 9.78 Å². The molecule has 2 N–H and O–H groups in total. The Kier molecular flexibility index (Phi) is 5.79. The number of sulfonamides is 1. The maximum atomic E-state index is 13.2. The summed E-state index contributed by atoms with van der Waals surface area (Å²) in [7, 11) is -3.69. The third kappa shape index (κ3) is 4.33. The molecule has 0 radical (unpaired) electrons. The van der Waals surface area contributed by atoms with Crippen LogP contribution in [0, 0.1) is 0 Å². The largest absolute Gasteiger partial charge is 0.504 e. The van der Waals surface area contributed by atoms with Crippen molar-refractivity contribution in [3.63, 3.8) is 0 Å². The number of fused-ring (bicyclic) bond motifs is 1. The van der Waals surface area contributed by atoms with Gasteiger partial charge in [0, 0.05) is 55.8 Å². The second kappa shape index (κ2) is 8.52. The van der Waals surface area contributed by atoms with Gasteiger partial charge in [-0.2, -0.15) is 4.31 Å². The van der Waals surface area contributed by atoms with E-state index >= 15 is 0 Å². The van der Waals surface area contributed by atoms with Crippen LogP contribution in [0.3, 0.4) is 0 Å². The Bertz CT molecular complexity index is 1220. The van der Waals surface area contributed by atoms with Gasteiger partial charge in [-0.1, -0.05) is 18.2 Å². The number of rotatable bonds is 5. The van der Waals surface area contributed by atoms with Crippen molar-refractivity contribution >= 4 is 26.7 Å². The molecule has 0 aliphatic carbocycles. The van der Waals surface area contributed by atoms with Crippen LogP contribution in [0.1, 0.15) is 12.0 Å². The van der Waals surface area contributed by atoms with Gasteiger partial charge in [0.05, 0.1) is 4.90 Å². The number of aromatic nitrogens is 1. The van der Waals surface area contributed by atoms with Gasteiger partial charge in [0.15, 0.2) is 11.5 Å². The zero-order valence-corrected chi connectivity index (χ0v) is 17.6. The van der Waals surface area contributed by atoms with Crippen LogP contribution in [-0.2, 0) is 21.2 Å². The Morgan fingerprint density at radius 3 is 2.52 bits per heavy atom. The van der Waals surface area contributed by atoms with Crippen LogP contribution in [-0.4, -0.2) is 64.9 Å². The van der Waals surface area contributed by atoms with Gasteiger partial charge in [-0.15, -0.1) is 0 Å². The minimum atomic E-state index is -3.69. The zero-order valence-electron chi connectivity index (χ0n) is 16.8. The average Bonchev–Trinajstić information content (AvgIpc) is 2.79. The second-order valence-electron chi connectivity index (χ2n) is 7.46. The maximum Gasteiger partial charge on any atom is 0.243 e. The number of amides is 1. The van der Waals surface area contributed by atoms with Gasteiger partial charge >= 0.3 is 0 Å². The molecule has 1 fully saturated rings. The molecule has 1 amide bonds. The molecule has 1 aliphatic heterocycles. The number of phenols is 2.